The van der Waals surface area contributed by atoms with Crippen molar-refractivity contribution in [2.75, 3.05) is 0 Å². The minimum Gasteiger partial charge on any atom is -0.448 e. The maximum Gasteiger partial charge on any atom is 0.319 e. The van der Waals surface area contributed by atoms with E-state index >= 15 is 0 Å². The first kappa shape index (κ1) is 22.6. The molecule has 4 aromatic rings. The molecular formula is C28H21NO5. The Bertz CT molecular complexity index is 1230. The van der Waals surface area contributed by atoms with Crippen LogP contribution in [0.25, 0.3) is 0 Å². The van der Waals surface area contributed by atoms with Crippen LogP contribution in [0.3, 0.4) is 0 Å². The van der Waals surface area contributed by atoms with E-state index < -0.39 is 28.7 Å². The Hall–Kier alpha value is -4.58. The maximum atomic E-state index is 13.6. The number of Topliss-reactive ketones (excluding diaryl/α,β-unsaturated/α-hetero) is 1. The smallest absolute Gasteiger partial charge is 0.319 e. The van der Waals surface area contributed by atoms with Gasteiger partial charge in [0, 0.05) is 23.3 Å². The highest BCUT2D eigenvalue weighted by atomic mass is 16.6. The molecule has 0 bridgehead atoms. The SMILES string of the molecule is O=C(O[C@@H](C(=O)c1ccccc1)c1ccc([N+](=O)[O-])cc1)C(c1ccccc1)c1ccccc1. The molecule has 0 spiro atoms. The zero-order valence-electron chi connectivity index (χ0n) is 18.1. The van der Waals surface area contributed by atoms with E-state index in [4.69, 9.17) is 4.74 Å². The van der Waals surface area contributed by atoms with Gasteiger partial charge in [0.2, 0.25) is 5.78 Å². The molecular weight excluding hydrogens is 430 g/mol. The van der Waals surface area contributed by atoms with Crippen molar-refractivity contribution < 1.29 is 19.2 Å². The molecule has 0 heterocycles. The highest BCUT2D eigenvalue weighted by molar-refractivity contribution is 6.01. The lowest BCUT2D eigenvalue weighted by Crippen LogP contribution is -2.24. The molecule has 4 rings (SSSR count). The summed E-state index contributed by atoms with van der Waals surface area (Å²) in [5.74, 6) is -1.75. The van der Waals surface area contributed by atoms with Crippen molar-refractivity contribution in [2.45, 2.75) is 12.0 Å². The van der Waals surface area contributed by atoms with E-state index in [0.717, 1.165) is 11.1 Å². The molecule has 0 radical (unpaired) electrons. The number of hydrogen-bond acceptors (Lipinski definition) is 5. The summed E-state index contributed by atoms with van der Waals surface area (Å²) in [5.41, 5.74) is 2.07. The summed E-state index contributed by atoms with van der Waals surface area (Å²) in [4.78, 5) is 37.5. The van der Waals surface area contributed by atoms with Gasteiger partial charge in [-0.15, -0.1) is 0 Å². The molecule has 0 saturated carbocycles. The average molecular weight is 451 g/mol. The standard InChI is InChI=1S/C28H21NO5/c30-26(22-14-8-3-9-15-22)27(23-16-18-24(19-17-23)29(32)33)34-28(31)25(20-10-4-1-5-11-20)21-12-6-2-7-13-21/h1-19,25,27H/t27-/m1/s1. The second-order valence-corrected chi connectivity index (χ2v) is 7.65. The number of nitro benzene ring substituents is 1. The van der Waals surface area contributed by atoms with E-state index in [-0.39, 0.29) is 5.69 Å². The van der Waals surface area contributed by atoms with E-state index in [9.17, 15) is 19.7 Å². The predicted octanol–water partition coefficient (Wildman–Crippen LogP) is 5.89. The lowest BCUT2D eigenvalue weighted by Gasteiger charge is -2.22. The number of carbonyl (C=O) groups excluding carboxylic acids is 2. The average Bonchev–Trinajstić information content (AvgIpc) is 2.89. The molecule has 4 aromatic carbocycles. The van der Waals surface area contributed by atoms with Crippen molar-refractivity contribution in [1.29, 1.82) is 0 Å². The summed E-state index contributed by atoms with van der Waals surface area (Å²) in [6.07, 6.45) is -1.26. The van der Waals surface area contributed by atoms with Crippen LogP contribution in [0.5, 0.6) is 0 Å². The van der Waals surface area contributed by atoms with Gasteiger partial charge in [0.25, 0.3) is 5.69 Å². The lowest BCUT2D eigenvalue weighted by atomic mass is 9.91. The van der Waals surface area contributed by atoms with Crippen molar-refractivity contribution in [3.05, 3.63) is 148 Å². The molecule has 0 aliphatic heterocycles. The Balaban J connectivity index is 1.72. The molecule has 0 N–H and O–H groups in total. The van der Waals surface area contributed by atoms with Crippen molar-refractivity contribution in [3.8, 4) is 0 Å². The second kappa shape index (κ2) is 10.4. The Kier molecular flexibility index (Phi) is 6.89. The monoisotopic (exact) mass is 451 g/mol. The number of esters is 1. The van der Waals surface area contributed by atoms with Gasteiger partial charge in [0.05, 0.1) is 4.92 Å². The van der Waals surface area contributed by atoms with E-state index in [0.29, 0.717) is 11.1 Å². The van der Waals surface area contributed by atoms with Gasteiger partial charge in [0.1, 0.15) is 5.92 Å². The first-order valence-corrected chi connectivity index (χ1v) is 10.7. The maximum absolute atomic E-state index is 13.6. The highest BCUT2D eigenvalue weighted by Crippen LogP contribution is 2.31. The lowest BCUT2D eigenvalue weighted by molar-refractivity contribution is -0.384. The van der Waals surface area contributed by atoms with Gasteiger partial charge in [-0.25, -0.2) is 0 Å². The zero-order valence-corrected chi connectivity index (χ0v) is 18.1. The first-order chi connectivity index (χ1) is 16.5. The van der Waals surface area contributed by atoms with Gasteiger partial charge in [-0.3, -0.25) is 19.7 Å². The molecule has 0 aromatic heterocycles. The molecule has 6 heteroatoms. The van der Waals surface area contributed by atoms with Crippen LogP contribution in [-0.4, -0.2) is 16.7 Å². The summed E-state index contributed by atoms with van der Waals surface area (Å²) < 4.78 is 5.87. The number of nitrogens with zero attached hydrogens (tertiary/aromatic N) is 1. The third kappa shape index (κ3) is 5.07. The molecule has 6 nitrogen and oxygen atoms in total. The first-order valence-electron chi connectivity index (χ1n) is 10.7. The Morgan fingerprint density at radius 1 is 0.647 bits per heavy atom. The molecule has 168 valence electrons. The topological polar surface area (TPSA) is 86.5 Å². The summed E-state index contributed by atoms with van der Waals surface area (Å²) in [7, 11) is 0. The van der Waals surface area contributed by atoms with Gasteiger partial charge in [-0.1, -0.05) is 91.0 Å². The normalized spacial score (nSPS) is 11.6. The number of non-ortho nitro benzene ring substituents is 1. The fraction of sp³-hybridized carbons (Fsp3) is 0.0714. The minimum absolute atomic E-state index is 0.118. The van der Waals surface area contributed by atoms with Gasteiger partial charge < -0.3 is 4.74 Å². The van der Waals surface area contributed by atoms with Gasteiger partial charge in [0.15, 0.2) is 6.10 Å². The van der Waals surface area contributed by atoms with Crippen LogP contribution in [0.2, 0.25) is 0 Å². The summed E-state index contributed by atoms with van der Waals surface area (Å²) in [6, 6.07) is 32.4. The van der Waals surface area contributed by atoms with Crippen LogP contribution in [0.4, 0.5) is 5.69 Å². The number of nitro groups is 1. The van der Waals surface area contributed by atoms with Gasteiger partial charge >= 0.3 is 5.97 Å². The molecule has 1 atom stereocenters. The van der Waals surface area contributed by atoms with Crippen LogP contribution in [-0.2, 0) is 9.53 Å². The van der Waals surface area contributed by atoms with Crippen LogP contribution in [0.15, 0.2) is 115 Å². The molecule has 0 fully saturated rings. The summed E-state index contributed by atoms with van der Waals surface area (Å²) in [6.45, 7) is 0. The fourth-order valence-corrected chi connectivity index (χ4v) is 3.74. The van der Waals surface area contributed by atoms with Crippen LogP contribution in [0, 0.1) is 10.1 Å². The quantitative estimate of drug-likeness (QED) is 0.144. The van der Waals surface area contributed by atoms with Gasteiger partial charge in [-0.05, 0) is 23.3 Å². The third-order valence-corrected chi connectivity index (χ3v) is 5.44. The number of rotatable bonds is 8. The molecule has 0 aliphatic rings. The zero-order chi connectivity index (χ0) is 23.9. The van der Waals surface area contributed by atoms with E-state index in [1.165, 1.54) is 24.3 Å². The molecule has 0 unspecified atom stereocenters. The van der Waals surface area contributed by atoms with Crippen LogP contribution >= 0.6 is 0 Å². The Morgan fingerprint density at radius 3 is 1.59 bits per heavy atom. The second-order valence-electron chi connectivity index (χ2n) is 7.65. The number of ether oxygens (including phenoxy) is 1. The molecule has 34 heavy (non-hydrogen) atoms. The number of ketones is 1. The van der Waals surface area contributed by atoms with Crippen molar-refractivity contribution in [2.24, 2.45) is 0 Å². The van der Waals surface area contributed by atoms with E-state index in [1.807, 2.05) is 60.7 Å². The van der Waals surface area contributed by atoms with E-state index in [2.05, 4.69) is 0 Å². The summed E-state index contributed by atoms with van der Waals surface area (Å²) in [5, 5.41) is 11.1. The highest BCUT2D eigenvalue weighted by Gasteiger charge is 2.31. The largest absolute Gasteiger partial charge is 0.448 e. The predicted molar refractivity (Wildman–Crippen MR) is 127 cm³/mol. The van der Waals surface area contributed by atoms with Crippen LogP contribution in [0.1, 0.15) is 39.1 Å². The Morgan fingerprint density at radius 2 is 1.12 bits per heavy atom. The third-order valence-electron chi connectivity index (χ3n) is 5.44. The Labute approximate surface area is 196 Å². The van der Waals surface area contributed by atoms with Crippen molar-refractivity contribution in [3.63, 3.8) is 0 Å². The van der Waals surface area contributed by atoms with E-state index in [1.54, 1.807) is 30.3 Å². The number of hydrogen-bond donors (Lipinski definition) is 0. The molecule has 0 aliphatic carbocycles. The van der Waals surface area contributed by atoms with Gasteiger partial charge in [-0.2, -0.15) is 0 Å². The summed E-state index contributed by atoms with van der Waals surface area (Å²) >= 11 is 0. The minimum atomic E-state index is -1.26. The van der Waals surface area contributed by atoms with Crippen LogP contribution < -0.4 is 0 Å². The fourth-order valence-electron chi connectivity index (χ4n) is 3.74. The van der Waals surface area contributed by atoms with Crippen molar-refractivity contribution in [1.82, 2.24) is 0 Å². The van der Waals surface area contributed by atoms with Crippen molar-refractivity contribution >= 4 is 17.4 Å². The number of benzene rings is 4. The molecule has 0 saturated heterocycles. The number of carbonyl (C=O) groups is 2. The molecule has 0 amide bonds.